The molecule has 0 aliphatic carbocycles. The number of nitrogens with one attached hydrogen (secondary N) is 1. The maximum absolute atomic E-state index is 11.0. The standard InChI is InChI=1S/C14H9ClN2O2/c15-13-7-10(14(18)19)6-12(17-13)9-2-1-8-3-4-16-11(8)5-9/h1-7,16H,(H,18,19). The lowest BCUT2D eigenvalue weighted by molar-refractivity contribution is 0.0697. The molecule has 0 fully saturated rings. The molecule has 2 N–H and O–H groups in total. The fraction of sp³-hybridized carbons (Fsp3) is 0. The Morgan fingerprint density at radius 2 is 2.05 bits per heavy atom. The van der Waals surface area contributed by atoms with Gasteiger partial charge in [-0.15, -0.1) is 0 Å². The summed E-state index contributed by atoms with van der Waals surface area (Å²) in [4.78, 5) is 18.3. The van der Waals surface area contributed by atoms with Gasteiger partial charge in [0.1, 0.15) is 5.15 Å². The Bertz CT molecular complexity index is 780. The second-order valence-electron chi connectivity index (χ2n) is 4.15. The third-order valence-electron chi connectivity index (χ3n) is 2.89. The number of aromatic nitrogens is 2. The molecule has 94 valence electrons. The van der Waals surface area contributed by atoms with E-state index in [0.717, 1.165) is 16.5 Å². The van der Waals surface area contributed by atoms with E-state index in [2.05, 4.69) is 9.97 Å². The molecule has 0 atom stereocenters. The molecular formula is C14H9ClN2O2. The van der Waals surface area contributed by atoms with Crippen molar-refractivity contribution in [2.75, 3.05) is 0 Å². The van der Waals surface area contributed by atoms with Crippen LogP contribution in [0.15, 0.2) is 42.6 Å². The molecule has 0 radical (unpaired) electrons. The number of carbonyl (C=O) groups is 1. The fourth-order valence-electron chi connectivity index (χ4n) is 1.98. The van der Waals surface area contributed by atoms with Crippen LogP contribution in [0, 0.1) is 0 Å². The molecule has 5 heteroatoms. The Morgan fingerprint density at radius 3 is 2.84 bits per heavy atom. The molecule has 0 saturated carbocycles. The topological polar surface area (TPSA) is 66.0 Å². The van der Waals surface area contributed by atoms with Crippen molar-refractivity contribution in [2.45, 2.75) is 0 Å². The fourth-order valence-corrected chi connectivity index (χ4v) is 2.18. The Labute approximate surface area is 113 Å². The number of nitrogens with zero attached hydrogens (tertiary/aromatic N) is 1. The molecule has 2 heterocycles. The quantitative estimate of drug-likeness (QED) is 0.701. The summed E-state index contributed by atoms with van der Waals surface area (Å²) in [6.45, 7) is 0. The molecule has 2 aromatic heterocycles. The first-order chi connectivity index (χ1) is 9.13. The summed E-state index contributed by atoms with van der Waals surface area (Å²) in [6.07, 6.45) is 1.85. The van der Waals surface area contributed by atoms with E-state index in [4.69, 9.17) is 16.7 Å². The Morgan fingerprint density at radius 1 is 1.21 bits per heavy atom. The normalized spacial score (nSPS) is 10.8. The lowest BCUT2D eigenvalue weighted by Crippen LogP contribution is -1.98. The monoisotopic (exact) mass is 272 g/mol. The second kappa shape index (κ2) is 4.40. The highest BCUT2D eigenvalue weighted by atomic mass is 35.5. The smallest absolute Gasteiger partial charge is 0.335 e. The minimum Gasteiger partial charge on any atom is -0.478 e. The number of rotatable bonds is 2. The van der Waals surface area contributed by atoms with E-state index in [-0.39, 0.29) is 10.7 Å². The Kier molecular flexibility index (Phi) is 2.72. The molecule has 3 aromatic rings. The molecule has 0 spiro atoms. The predicted octanol–water partition coefficient (Wildman–Crippen LogP) is 3.58. The number of fused-ring (bicyclic) bond motifs is 1. The second-order valence-corrected chi connectivity index (χ2v) is 4.54. The van der Waals surface area contributed by atoms with Gasteiger partial charge in [-0.3, -0.25) is 0 Å². The maximum atomic E-state index is 11.0. The third-order valence-corrected chi connectivity index (χ3v) is 3.09. The van der Waals surface area contributed by atoms with Crippen molar-refractivity contribution in [1.82, 2.24) is 9.97 Å². The highest BCUT2D eigenvalue weighted by molar-refractivity contribution is 6.29. The van der Waals surface area contributed by atoms with Gasteiger partial charge < -0.3 is 10.1 Å². The largest absolute Gasteiger partial charge is 0.478 e. The number of pyridine rings is 1. The summed E-state index contributed by atoms with van der Waals surface area (Å²) in [5.74, 6) is -1.02. The first-order valence-electron chi connectivity index (χ1n) is 5.62. The number of aromatic carboxylic acids is 1. The van der Waals surface area contributed by atoms with Crippen LogP contribution in [0.25, 0.3) is 22.2 Å². The summed E-state index contributed by atoms with van der Waals surface area (Å²) >= 11 is 5.86. The number of benzene rings is 1. The minimum absolute atomic E-state index is 0.126. The molecule has 0 aliphatic heterocycles. The molecular weight excluding hydrogens is 264 g/mol. The Hall–Kier alpha value is -2.33. The van der Waals surface area contributed by atoms with Crippen LogP contribution in [0.2, 0.25) is 5.15 Å². The van der Waals surface area contributed by atoms with Crippen molar-refractivity contribution in [3.05, 3.63) is 53.3 Å². The summed E-state index contributed by atoms with van der Waals surface area (Å²) in [7, 11) is 0. The van der Waals surface area contributed by atoms with Crippen molar-refractivity contribution < 1.29 is 9.90 Å². The minimum atomic E-state index is -1.02. The van der Waals surface area contributed by atoms with Gasteiger partial charge in [-0.2, -0.15) is 0 Å². The van der Waals surface area contributed by atoms with Gasteiger partial charge in [0, 0.05) is 17.3 Å². The van der Waals surface area contributed by atoms with Crippen molar-refractivity contribution in [1.29, 1.82) is 0 Å². The molecule has 0 saturated heterocycles. The van der Waals surface area contributed by atoms with Gasteiger partial charge >= 0.3 is 5.97 Å². The first-order valence-corrected chi connectivity index (χ1v) is 6.00. The van der Waals surface area contributed by atoms with Gasteiger partial charge in [0.15, 0.2) is 0 Å². The molecule has 19 heavy (non-hydrogen) atoms. The zero-order valence-electron chi connectivity index (χ0n) is 9.72. The van der Waals surface area contributed by atoms with Gasteiger partial charge in [0.05, 0.1) is 11.3 Å². The number of carboxylic acids is 1. The first kappa shape index (κ1) is 11.7. The van der Waals surface area contributed by atoms with Gasteiger partial charge in [-0.05, 0) is 29.7 Å². The maximum Gasteiger partial charge on any atom is 0.335 e. The van der Waals surface area contributed by atoms with E-state index in [9.17, 15) is 4.79 Å². The van der Waals surface area contributed by atoms with Gasteiger partial charge in [-0.25, -0.2) is 9.78 Å². The number of halogens is 1. The van der Waals surface area contributed by atoms with Crippen LogP contribution < -0.4 is 0 Å². The van der Waals surface area contributed by atoms with Gasteiger partial charge in [0.25, 0.3) is 0 Å². The summed E-state index contributed by atoms with van der Waals surface area (Å²) in [5.41, 5.74) is 2.46. The zero-order valence-corrected chi connectivity index (χ0v) is 10.5. The molecule has 0 amide bonds. The van der Waals surface area contributed by atoms with Crippen LogP contribution in [-0.4, -0.2) is 21.0 Å². The average Bonchev–Trinajstić information content (AvgIpc) is 2.85. The SMILES string of the molecule is O=C(O)c1cc(Cl)nc(-c2ccc3cc[nH]c3c2)c1. The number of hydrogen-bond acceptors (Lipinski definition) is 2. The molecule has 4 nitrogen and oxygen atoms in total. The lowest BCUT2D eigenvalue weighted by Gasteiger charge is -2.04. The summed E-state index contributed by atoms with van der Waals surface area (Å²) in [6, 6.07) is 10.6. The number of H-pyrrole nitrogens is 1. The molecule has 3 rings (SSSR count). The van der Waals surface area contributed by atoms with E-state index in [1.54, 1.807) is 0 Å². The van der Waals surface area contributed by atoms with E-state index in [0.29, 0.717) is 5.69 Å². The predicted molar refractivity (Wildman–Crippen MR) is 73.5 cm³/mol. The van der Waals surface area contributed by atoms with Gasteiger partial charge in [0.2, 0.25) is 0 Å². The van der Waals surface area contributed by atoms with E-state index in [1.165, 1.54) is 12.1 Å². The average molecular weight is 273 g/mol. The van der Waals surface area contributed by atoms with E-state index < -0.39 is 5.97 Å². The summed E-state index contributed by atoms with van der Waals surface area (Å²) in [5, 5.41) is 10.3. The van der Waals surface area contributed by atoms with Crippen LogP contribution in [0.3, 0.4) is 0 Å². The molecule has 0 unspecified atom stereocenters. The van der Waals surface area contributed by atoms with Gasteiger partial charge in [-0.1, -0.05) is 23.7 Å². The number of carboxylic acid groups (broad SMARTS) is 1. The van der Waals surface area contributed by atoms with Crippen LogP contribution in [0.1, 0.15) is 10.4 Å². The number of aromatic amines is 1. The highest BCUT2D eigenvalue weighted by Gasteiger charge is 2.09. The lowest BCUT2D eigenvalue weighted by atomic mass is 10.1. The van der Waals surface area contributed by atoms with E-state index >= 15 is 0 Å². The van der Waals surface area contributed by atoms with Crippen molar-refractivity contribution >= 4 is 28.5 Å². The van der Waals surface area contributed by atoms with Crippen LogP contribution in [0.5, 0.6) is 0 Å². The Balaban J connectivity index is 2.17. The number of hydrogen-bond donors (Lipinski definition) is 2. The van der Waals surface area contributed by atoms with E-state index in [1.807, 2.05) is 30.5 Å². The van der Waals surface area contributed by atoms with Crippen molar-refractivity contribution in [3.8, 4) is 11.3 Å². The molecule has 0 aliphatic rings. The summed E-state index contributed by atoms with van der Waals surface area (Å²) < 4.78 is 0. The molecule has 0 bridgehead atoms. The zero-order chi connectivity index (χ0) is 13.4. The van der Waals surface area contributed by atoms with Crippen molar-refractivity contribution in [3.63, 3.8) is 0 Å². The van der Waals surface area contributed by atoms with Crippen molar-refractivity contribution in [2.24, 2.45) is 0 Å². The molecule has 1 aromatic carbocycles. The third kappa shape index (κ3) is 2.18. The van der Waals surface area contributed by atoms with Crippen LogP contribution >= 0.6 is 11.6 Å². The van der Waals surface area contributed by atoms with Crippen LogP contribution in [-0.2, 0) is 0 Å². The van der Waals surface area contributed by atoms with Crippen LogP contribution in [0.4, 0.5) is 0 Å². The highest BCUT2D eigenvalue weighted by Crippen LogP contribution is 2.24.